The third-order valence-corrected chi connectivity index (χ3v) is 7.13. The van der Waals surface area contributed by atoms with E-state index < -0.39 is 0 Å². The number of nitrogens with zero attached hydrogens (tertiary/aromatic N) is 1. The standard InChI is InChI=1S/C19H28N2OS.ClH/c1-3-4-5-8-14(2)21-18(22)15-13-23-19-11-7-6-9-17(19)20-12-10-16(15)19;/h6-7,9,12,14-16H,3-5,8,10-11,13H2,1-2H3,(H,21,22);1H. The summed E-state index contributed by atoms with van der Waals surface area (Å²) >= 11 is 1.95. The zero-order valence-corrected chi connectivity index (χ0v) is 16.3. The molecule has 0 bridgehead atoms. The van der Waals surface area contributed by atoms with Crippen molar-refractivity contribution >= 4 is 36.3 Å². The summed E-state index contributed by atoms with van der Waals surface area (Å²) < 4.78 is 0.0525. The first-order valence-electron chi connectivity index (χ1n) is 9.01. The molecule has 5 heteroatoms. The maximum Gasteiger partial charge on any atom is 0.224 e. The molecule has 2 heterocycles. The minimum absolute atomic E-state index is 0. The average Bonchev–Trinajstić information content (AvgIpc) is 2.93. The molecule has 0 aromatic carbocycles. The fraction of sp³-hybridized carbons (Fsp3) is 0.684. The Balaban J connectivity index is 0.00000208. The largest absolute Gasteiger partial charge is 0.353 e. The summed E-state index contributed by atoms with van der Waals surface area (Å²) in [5, 5.41) is 3.27. The first-order valence-corrected chi connectivity index (χ1v) is 10.00. The Hall–Kier alpha value is -0.740. The van der Waals surface area contributed by atoms with Gasteiger partial charge >= 0.3 is 0 Å². The molecule has 0 aromatic rings. The number of carbonyl (C=O) groups excluding carboxylic acids is 1. The summed E-state index contributed by atoms with van der Waals surface area (Å²) in [6, 6.07) is 0.286. The van der Waals surface area contributed by atoms with E-state index >= 15 is 0 Å². The summed E-state index contributed by atoms with van der Waals surface area (Å²) in [6.07, 6.45) is 15.2. The molecule has 0 saturated carbocycles. The van der Waals surface area contributed by atoms with Crippen molar-refractivity contribution in [2.75, 3.05) is 5.75 Å². The highest BCUT2D eigenvalue weighted by molar-refractivity contribution is 8.01. The highest BCUT2D eigenvalue weighted by Crippen LogP contribution is 2.57. The van der Waals surface area contributed by atoms with Crippen LogP contribution in [0.1, 0.15) is 52.4 Å². The maximum absolute atomic E-state index is 12.8. The topological polar surface area (TPSA) is 41.5 Å². The number of nitrogens with one attached hydrogen (secondary N) is 1. The molecule has 1 aliphatic carbocycles. The van der Waals surface area contributed by atoms with Crippen molar-refractivity contribution in [2.45, 2.75) is 63.2 Å². The number of hydrogen-bond donors (Lipinski definition) is 1. The van der Waals surface area contributed by atoms with E-state index in [4.69, 9.17) is 0 Å². The molecule has 3 aliphatic rings. The van der Waals surface area contributed by atoms with E-state index in [9.17, 15) is 4.79 Å². The molecule has 134 valence electrons. The van der Waals surface area contributed by atoms with Gasteiger partial charge in [0.15, 0.2) is 0 Å². The average molecular weight is 369 g/mol. The Morgan fingerprint density at radius 2 is 2.33 bits per heavy atom. The lowest BCUT2D eigenvalue weighted by Crippen LogP contribution is -2.45. The zero-order valence-electron chi connectivity index (χ0n) is 14.7. The van der Waals surface area contributed by atoms with Crippen molar-refractivity contribution in [3.8, 4) is 0 Å². The van der Waals surface area contributed by atoms with Gasteiger partial charge in [0.1, 0.15) is 0 Å². The predicted molar refractivity (Wildman–Crippen MR) is 106 cm³/mol. The summed E-state index contributed by atoms with van der Waals surface area (Å²) in [5.74, 6) is 1.69. The first kappa shape index (κ1) is 19.6. The Labute approximate surface area is 156 Å². The summed E-state index contributed by atoms with van der Waals surface area (Å²) in [5.41, 5.74) is 1.17. The molecule has 3 nitrogen and oxygen atoms in total. The van der Waals surface area contributed by atoms with Gasteiger partial charge in [0, 0.05) is 18.0 Å². The Kier molecular flexibility index (Phi) is 6.99. The van der Waals surface area contributed by atoms with Crippen LogP contribution < -0.4 is 5.32 Å². The number of aliphatic imine (C=N–C) groups is 1. The van der Waals surface area contributed by atoms with Gasteiger partial charge in [-0.2, -0.15) is 0 Å². The normalized spacial score (nSPS) is 31.5. The molecule has 24 heavy (non-hydrogen) atoms. The quantitative estimate of drug-likeness (QED) is 0.700. The highest BCUT2D eigenvalue weighted by atomic mass is 35.5. The molecule has 1 amide bonds. The van der Waals surface area contributed by atoms with E-state index in [0.717, 1.165) is 25.0 Å². The number of allylic oxidation sites excluding steroid dienone is 3. The van der Waals surface area contributed by atoms with E-state index in [1.807, 2.05) is 18.0 Å². The van der Waals surface area contributed by atoms with Crippen LogP contribution in [-0.4, -0.2) is 28.7 Å². The monoisotopic (exact) mass is 368 g/mol. The highest BCUT2D eigenvalue weighted by Gasteiger charge is 2.54. The molecule has 1 spiro atoms. The third-order valence-electron chi connectivity index (χ3n) is 5.41. The van der Waals surface area contributed by atoms with Gasteiger partial charge in [-0.05, 0) is 38.2 Å². The van der Waals surface area contributed by atoms with Crippen molar-refractivity contribution in [3.63, 3.8) is 0 Å². The van der Waals surface area contributed by atoms with Crippen LogP contribution in [0.4, 0.5) is 0 Å². The lowest BCUT2D eigenvalue weighted by Gasteiger charge is -2.39. The van der Waals surface area contributed by atoms with E-state index in [0.29, 0.717) is 5.92 Å². The van der Waals surface area contributed by atoms with Gasteiger partial charge in [-0.25, -0.2) is 0 Å². The lowest BCUT2D eigenvalue weighted by molar-refractivity contribution is -0.126. The molecule has 2 aliphatic heterocycles. The molecule has 0 radical (unpaired) electrons. The second-order valence-corrected chi connectivity index (χ2v) is 8.40. The smallest absolute Gasteiger partial charge is 0.224 e. The van der Waals surface area contributed by atoms with Crippen molar-refractivity contribution in [2.24, 2.45) is 16.8 Å². The van der Waals surface area contributed by atoms with Crippen LogP contribution in [-0.2, 0) is 4.79 Å². The summed E-state index contributed by atoms with van der Waals surface area (Å²) in [7, 11) is 0. The van der Waals surface area contributed by atoms with Crippen LogP contribution >= 0.6 is 24.2 Å². The molecule has 4 atom stereocenters. The van der Waals surface area contributed by atoms with Gasteiger partial charge < -0.3 is 5.32 Å². The first-order chi connectivity index (χ1) is 11.2. The molecule has 0 aromatic heterocycles. The second kappa shape index (κ2) is 8.57. The van der Waals surface area contributed by atoms with Crippen LogP contribution in [0.15, 0.2) is 28.9 Å². The number of amides is 1. The number of halogens is 1. The number of hydrogen-bond acceptors (Lipinski definition) is 3. The van der Waals surface area contributed by atoms with Crippen LogP contribution in [0.3, 0.4) is 0 Å². The minimum Gasteiger partial charge on any atom is -0.353 e. The van der Waals surface area contributed by atoms with Crippen molar-refractivity contribution in [1.29, 1.82) is 0 Å². The zero-order chi connectivity index (χ0) is 16.3. The van der Waals surface area contributed by atoms with Gasteiger partial charge in [0.25, 0.3) is 0 Å². The van der Waals surface area contributed by atoms with Crippen molar-refractivity contribution in [1.82, 2.24) is 5.32 Å². The van der Waals surface area contributed by atoms with E-state index in [1.54, 1.807) is 0 Å². The Morgan fingerprint density at radius 1 is 1.50 bits per heavy atom. The van der Waals surface area contributed by atoms with Crippen LogP contribution in [0.2, 0.25) is 0 Å². The van der Waals surface area contributed by atoms with E-state index in [2.05, 4.69) is 42.4 Å². The Morgan fingerprint density at radius 3 is 3.12 bits per heavy atom. The molecule has 4 unspecified atom stereocenters. The lowest BCUT2D eigenvalue weighted by atomic mass is 9.73. The number of rotatable bonds is 6. The SMILES string of the molecule is CCCCCC(C)NC(=O)C1CSC23CC=CC=C2N=CCC13.Cl. The minimum atomic E-state index is 0. The fourth-order valence-electron chi connectivity index (χ4n) is 4.06. The molecule has 1 saturated heterocycles. The summed E-state index contributed by atoms with van der Waals surface area (Å²) in [6.45, 7) is 4.36. The van der Waals surface area contributed by atoms with Gasteiger partial charge in [-0.15, -0.1) is 24.2 Å². The van der Waals surface area contributed by atoms with Crippen LogP contribution in [0.5, 0.6) is 0 Å². The molecule has 3 rings (SSSR count). The van der Waals surface area contributed by atoms with Gasteiger partial charge in [0.2, 0.25) is 5.91 Å². The maximum atomic E-state index is 12.8. The molecule has 1 N–H and O–H groups in total. The fourth-order valence-corrected chi connectivity index (χ4v) is 5.88. The molecular formula is C19H29ClN2OS. The van der Waals surface area contributed by atoms with Gasteiger partial charge in [-0.1, -0.05) is 38.3 Å². The van der Waals surface area contributed by atoms with Crippen molar-refractivity contribution < 1.29 is 4.79 Å². The predicted octanol–water partition coefficient (Wildman–Crippen LogP) is 4.53. The molecule has 1 fully saturated rings. The van der Waals surface area contributed by atoms with Crippen LogP contribution in [0.25, 0.3) is 0 Å². The third kappa shape index (κ3) is 3.75. The summed E-state index contributed by atoms with van der Waals surface area (Å²) in [4.78, 5) is 17.4. The van der Waals surface area contributed by atoms with Crippen LogP contribution in [0, 0.1) is 11.8 Å². The van der Waals surface area contributed by atoms with Gasteiger partial charge in [0.05, 0.1) is 16.4 Å². The number of thioether (sulfide) groups is 1. The van der Waals surface area contributed by atoms with E-state index in [1.165, 1.54) is 25.0 Å². The number of unbranched alkanes of at least 4 members (excludes halogenated alkanes) is 2. The molecular weight excluding hydrogens is 340 g/mol. The number of carbonyl (C=O) groups is 1. The van der Waals surface area contributed by atoms with Crippen molar-refractivity contribution in [3.05, 3.63) is 23.9 Å². The second-order valence-electron chi connectivity index (χ2n) is 7.05. The Bertz CT molecular complexity index is 545. The van der Waals surface area contributed by atoms with Gasteiger partial charge in [-0.3, -0.25) is 9.79 Å². The van der Waals surface area contributed by atoms with E-state index in [-0.39, 0.29) is 35.0 Å².